The van der Waals surface area contributed by atoms with Gasteiger partial charge in [-0.3, -0.25) is 21.7 Å². The van der Waals surface area contributed by atoms with Gasteiger partial charge in [-0.25, -0.2) is 19.4 Å². The first-order chi connectivity index (χ1) is 31.1. The Bertz CT molecular complexity index is 3290. The molecule has 4 aromatic carbocycles. The Kier molecular flexibility index (Phi) is 15.4. The monoisotopic (exact) mass is 1180 g/mol. The van der Waals surface area contributed by atoms with Gasteiger partial charge in [-0.15, -0.1) is 0 Å². The number of hydrogen-bond acceptors (Lipinski definition) is 18. The van der Waals surface area contributed by atoms with E-state index in [0.29, 0.717) is 70.4 Å². The van der Waals surface area contributed by atoms with E-state index in [-0.39, 0.29) is 45.9 Å². The number of aromatic nitrogens is 16. The Labute approximate surface area is 401 Å². The molecule has 31 heteroatoms. The molecule has 0 saturated carbocycles. The van der Waals surface area contributed by atoms with E-state index in [0.717, 1.165) is 22.3 Å². The zero-order valence-electron chi connectivity index (χ0n) is 32.2. The molecule has 10 N–H and O–H groups in total. The summed E-state index contributed by atoms with van der Waals surface area (Å²) >= 11 is 16.1. The number of nitrogens with one attached hydrogen (secondary N) is 2. The van der Waals surface area contributed by atoms with Crippen molar-refractivity contribution in [1.82, 2.24) is 50.8 Å². The summed E-state index contributed by atoms with van der Waals surface area (Å²) in [6, 6.07) is 19.0. The van der Waals surface area contributed by atoms with E-state index in [2.05, 4.69) is 90.7 Å². The Hall–Kier alpha value is -7.00. The molecule has 6 heterocycles. The summed E-state index contributed by atoms with van der Waals surface area (Å²) in [6.45, 7) is 0. The van der Waals surface area contributed by atoms with Crippen LogP contribution in [0.25, 0.3) is 66.4 Å². The fraction of sp³-hybridized carbons (Fsp3) is 0. The number of nitrogens with zero attached hydrogens (tertiary/aromatic N) is 14. The molecular weight excluding hydrogens is 1160 g/mol. The molecule has 331 valence electrons. The zero-order valence-corrected chi connectivity index (χ0v) is 39.4. The van der Waals surface area contributed by atoms with Gasteiger partial charge in [0, 0.05) is 67.5 Å². The topological polar surface area (TPSA) is 400 Å². The second kappa shape index (κ2) is 21.1. The molecule has 0 unspecified atom stereocenters. The minimum absolute atomic E-state index is 0.0511. The molecule has 0 radical (unpaired) electrons. The van der Waals surface area contributed by atoms with Gasteiger partial charge in [0.2, 0.25) is 10.2 Å². The van der Waals surface area contributed by atoms with Crippen LogP contribution in [0.5, 0.6) is 0 Å². The fourth-order valence-corrected chi connectivity index (χ4v) is 5.91. The van der Waals surface area contributed by atoms with Crippen molar-refractivity contribution in [2.75, 3.05) is 22.9 Å². The van der Waals surface area contributed by atoms with Crippen molar-refractivity contribution in [3.8, 4) is 22.3 Å². The fourth-order valence-electron chi connectivity index (χ4n) is 5.57. The number of fused-ring (bicyclic) bond motifs is 4. The number of aromatic amines is 2. The molecule has 0 saturated heterocycles. The summed E-state index contributed by atoms with van der Waals surface area (Å²) < 4.78 is 0.843. The molecule has 6 aromatic heterocycles. The standard InChI is InChI=1S/2C10H8N6O2.2C7H5ClN4O.2HI.V/c11-10-14-16(18)8-2-1-6(3-9(8)15(10)17)7-4-12-13-5-7;11-10-14-16(18)9-3-6(7-4-12-13-5-7)1-2-8(9)15(10)17;8-4-1-2-6-5(3-4)10-7(9)11-12(6)13;8-4-1-2-5-6(3-4)12(13)11-7(9)10-5;;;/h2*1-5H,(H2,11,14)(H,12,13);2*1-3H,(H2,9,10,11);2*1H;/q;;;;;;+2/p-2. The Morgan fingerprint density at radius 2 is 0.923 bits per heavy atom. The van der Waals surface area contributed by atoms with Crippen molar-refractivity contribution in [2.24, 2.45) is 0 Å². The van der Waals surface area contributed by atoms with Crippen LogP contribution >= 0.6 is 63.2 Å². The van der Waals surface area contributed by atoms with E-state index in [1.165, 1.54) is 18.2 Å². The van der Waals surface area contributed by atoms with Crippen LogP contribution in [0.2, 0.25) is 10.0 Å². The summed E-state index contributed by atoms with van der Waals surface area (Å²) in [4.78, 5) is 9.22. The summed E-state index contributed by atoms with van der Waals surface area (Å²) in [6.07, 6.45) is 6.61. The second-order valence-electron chi connectivity index (χ2n) is 12.4. The van der Waals surface area contributed by atoms with Gasteiger partial charge in [0.15, 0.2) is 11.0 Å². The van der Waals surface area contributed by atoms with Gasteiger partial charge < -0.3 is 42.7 Å². The third kappa shape index (κ3) is 11.4. The van der Waals surface area contributed by atoms with Crippen LogP contribution in [0.3, 0.4) is 0 Å². The number of hydrogen-bond donors (Lipinski definition) is 6. The molecule has 10 aromatic rings. The molecule has 0 aliphatic heterocycles. The predicted molar refractivity (Wildman–Crippen MR) is 247 cm³/mol. The molecule has 0 fully saturated rings. The Balaban J connectivity index is 0.000000142. The Morgan fingerprint density at radius 1 is 0.477 bits per heavy atom. The molecule has 0 atom stereocenters. The van der Waals surface area contributed by atoms with Gasteiger partial charge in [-0.1, -0.05) is 29.3 Å². The number of halogens is 4. The van der Waals surface area contributed by atoms with E-state index in [4.69, 9.17) is 46.1 Å². The van der Waals surface area contributed by atoms with Gasteiger partial charge in [-0.2, -0.15) is 10.2 Å². The Morgan fingerprint density at radius 3 is 1.49 bits per heavy atom. The second-order valence-corrected chi connectivity index (χ2v) is 25.1. The predicted octanol–water partition coefficient (Wildman–Crippen LogP) is 1.71. The summed E-state index contributed by atoms with van der Waals surface area (Å²) in [5.74, 6) is -0.884. The van der Waals surface area contributed by atoms with E-state index in [1.807, 2.05) is 0 Å². The van der Waals surface area contributed by atoms with Crippen molar-refractivity contribution in [3.63, 3.8) is 0 Å². The third-order valence-electron chi connectivity index (χ3n) is 8.41. The molecular formula is C34H26Cl2I2N20O6V. The van der Waals surface area contributed by atoms with Crippen LogP contribution in [-0.2, 0) is 9.47 Å². The number of benzene rings is 4. The molecule has 0 aliphatic rings. The number of nitrogen functional groups attached to an aromatic ring is 4. The number of rotatable bonds is 2. The van der Waals surface area contributed by atoms with Crippen LogP contribution in [0.1, 0.15) is 0 Å². The SMILES string of the molecule is Nc1n[n+]([O-])c2cc(-c3cn[nH]c3)ccc2[n+]1[O-].Nc1n[n+]([O-])c2ccc(-c3cn[nH]c3)cc2[n+]1[O-].Nc1nc2cc(Cl)ccc2[n+]([O-])n1.Nc1nc2ccc(Cl)cc2[n+]([O-])n1.[I][V][I]. The van der Waals surface area contributed by atoms with Crippen molar-refractivity contribution < 1.29 is 38.3 Å². The third-order valence-corrected chi connectivity index (χ3v) is 8.88. The molecule has 0 spiro atoms. The zero-order chi connectivity index (χ0) is 46.9. The average Bonchev–Trinajstić information content (AvgIpc) is 4.02. The first-order valence-electron chi connectivity index (χ1n) is 17.5. The number of nitrogens with two attached hydrogens (primary N) is 4. The van der Waals surface area contributed by atoms with E-state index in [9.17, 15) is 31.2 Å². The molecule has 26 nitrogen and oxygen atoms in total. The van der Waals surface area contributed by atoms with Crippen molar-refractivity contribution in [1.29, 1.82) is 0 Å². The van der Waals surface area contributed by atoms with Gasteiger partial charge in [0.1, 0.15) is 11.0 Å². The van der Waals surface area contributed by atoms with E-state index < -0.39 is 0 Å². The van der Waals surface area contributed by atoms with Crippen molar-refractivity contribution >= 4 is 131 Å². The van der Waals surface area contributed by atoms with Crippen LogP contribution in [0, 0.1) is 31.2 Å². The summed E-state index contributed by atoms with van der Waals surface area (Å²) in [7, 11) is 0.628. The molecule has 0 bridgehead atoms. The molecule has 0 aliphatic carbocycles. The summed E-state index contributed by atoms with van der Waals surface area (Å²) in [5, 5.41) is 96.4. The first kappa shape index (κ1) is 47.5. The molecule has 65 heavy (non-hydrogen) atoms. The van der Waals surface area contributed by atoms with Crippen LogP contribution in [-0.4, -0.2) is 50.8 Å². The maximum atomic E-state index is 11.8. The molecule has 10 rings (SSSR count). The van der Waals surface area contributed by atoms with E-state index >= 15 is 0 Å². The quantitative estimate of drug-likeness (QED) is 0.0815. The van der Waals surface area contributed by atoms with Crippen LogP contribution in [0.15, 0.2) is 97.6 Å². The van der Waals surface area contributed by atoms with Crippen LogP contribution < -0.4 is 51.8 Å². The molecule has 0 amide bonds. The maximum absolute atomic E-state index is 11.8. The first-order valence-corrected chi connectivity index (χ1v) is 27.3. The number of anilines is 4. The average molecular weight is 1190 g/mol. The normalized spacial score (nSPS) is 10.5. The van der Waals surface area contributed by atoms with Gasteiger partial charge in [0.05, 0.1) is 22.6 Å². The summed E-state index contributed by atoms with van der Waals surface area (Å²) in [5.41, 5.74) is 26.6. The van der Waals surface area contributed by atoms with Gasteiger partial charge >= 0.3 is 61.3 Å². The van der Waals surface area contributed by atoms with Crippen molar-refractivity contribution in [2.45, 2.75) is 0 Å². The minimum atomic E-state index is -0.387. The van der Waals surface area contributed by atoms with Gasteiger partial charge in [-0.05, 0) is 63.3 Å². The van der Waals surface area contributed by atoms with Crippen LogP contribution in [0.4, 0.5) is 23.8 Å². The van der Waals surface area contributed by atoms with Crippen molar-refractivity contribution in [3.05, 3.63) is 139 Å². The number of H-pyrrole nitrogens is 2. The van der Waals surface area contributed by atoms with Gasteiger partial charge in [0.25, 0.3) is 34.0 Å². The van der Waals surface area contributed by atoms with E-state index in [1.54, 1.807) is 79.4 Å².